The molecule has 0 heterocycles. The SMILES string of the molecule is Cc1ccc(NC(=O)O[C@H](c2ccc(O)c(F)c2)[C@@H](CCOC(=O)CS)Oc2ccccc2)cc1. The molecule has 0 spiro atoms. The van der Waals surface area contributed by atoms with Crippen molar-refractivity contribution in [3.8, 4) is 11.5 Å². The molecule has 3 rings (SSSR count). The Hall–Kier alpha value is -3.72. The number of anilines is 1. The molecule has 0 bridgehead atoms. The van der Waals surface area contributed by atoms with Crippen LogP contribution in [0.1, 0.15) is 23.7 Å². The molecular weight excluding hydrogens is 473 g/mol. The van der Waals surface area contributed by atoms with Gasteiger partial charge in [0, 0.05) is 12.1 Å². The van der Waals surface area contributed by atoms with Crippen LogP contribution in [0.4, 0.5) is 14.9 Å². The van der Waals surface area contributed by atoms with Gasteiger partial charge < -0.3 is 19.3 Å². The van der Waals surface area contributed by atoms with Crippen LogP contribution in [-0.4, -0.2) is 35.6 Å². The van der Waals surface area contributed by atoms with Crippen molar-refractivity contribution in [3.63, 3.8) is 0 Å². The first kappa shape index (κ1) is 25.9. The molecule has 3 aromatic carbocycles. The minimum Gasteiger partial charge on any atom is -0.505 e. The number of halogens is 1. The first-order valence-corrected chi connectivity index (χ1v) is 11.5. The Morgan fingerprint density at radius 2 is 1.77 bits per heavy atom. The van der Waals surface area contributed by atoms with E-state index in [1.54, 1.807) is 36.4 Å². The zero-order valence-electron chi connectivity index (χ0n) is 19.0. The van der Waals surface area contributed by atoms with E-state index in [4.69, 9.17) is 14.2 Å². The monoisotopic (exact) mass is 499 g/mol. The predicted molar refractivity (Wildman–Crippen MR) is 132 cm³/mol. The molecule has 0 aliphatic heterocycles. The van der Waals surface area contributed by atoms with E-state index in [1.807, 2.05) is 25.1 Å². The summed E-state index contributed by atoms with van der Waals surface area (Å²) in [5, 5.41) is 12.3. The lowest BCUT2D eigenvalue weighted by molar-refractivity contribution is -0.141. The summed E-state index contributed by atoms with van der Waals surface area (Å²) in [6, 6.07) is 19.6. The number of aromatic hydroxyl groups is 1. The van der Waals surface area contributed by atoms with Crippen molar-refractivity contribution in [2.45, 2.75) is 25.6 Å². The average Bonchev–Trinajstić information content (AvgIpc) is 2.85. The van der Waals surface area contributed by atoms with E-state index < -0.39 is 35.8 Å². The third-order valence-corrected chi connectivity index (χ3v) is 5.25. The number of benzene rings is 3. The van der Waals surface area contributed by atoms with Crippen LogP contribution in [0.25, 0.3) is 0 Å². The quantitative estimate of drug-likeness (QED) is 0.254. The molecule has 0 unspecified atom stereocenters. The Labute approximate surface area is 208 Å². The Morgan fingerprint density at radius 1 is 1.06 bits per heavy atom. The van der Waals surface area contributed by atoms with Crippen molar-refractivity contribution in [1.29, 1.82) is 0 Å². The lowest BCUT2D eigenvalue weighted by Gasteiger charge is -2.28. The van der Waals surface area contributed by atoms with Gasteiger partial charge in [0.05, 0.1) is 12.4 Å². The number of para-hydroxylation sites is 1. The molecule has 2 atom stereocenters. The zero-order valence-corrected chi connectivity index (χ0v) is 19.9. The van der Waals surface area contributed by atoms with E-state index in [2.05, 4.69) is 17.9 Å². The van der Waals surface area contributed by atoms with Crippen molar-refractivity contribution in [1.82, 2.24) is 0 Å². The molecular formula is C26H26FNO6S. The topological polar surface area (TPSA) is 94.1 Å². The minimum atomic E-state index is -1.11. The second-order valence-electron chi connectivity index (χ2n) is 7.66. The highest BCUT2D eigenvalue weighted by Gasteiger charge is 2.30. The molecule has 0 fully saturated rings. The number of ether oxygens (including phenoxy) is 3. The van der Waals surface area contributed by atoms with Gasteiger partial charge in [0.1, 0.15) is 11.9 Å². The molecule has 3 aromatic rings. The maximum atomic E-state index is 14.2. The molecule has 0 saturated carbocycles. The average molecular weight is 500 g/mol. The Morgan fingerprint density at radius 3 is 2.43 bits per heavy atom. The van der Waals surface area contributed by atoms with Crippen molar-refractivity contribution < 1.29 is 33.3 Å². The Kier molecular flexibility index (Phi) is 9.37. The first-order chi connectivity index (χ1) is 16.9. The molecule has 2 N–H and O–H groups in total. The van der Waals surface area contributed by atoms with Gasteiger partial charge in [-0.15, -0.1) is 0 Å². The van der Waals surface area contributed by atoms with Gasteiger partial charge in [0.2, 0.25) is 0 Å². The van der Waals surface area contributed by atoms with Gasteiger partial charge in [-0.2, -0.15) is 12.6 Å². The fourth-order valence-electron chi connectivity index (χ4n) is 3.24. The molecule has 0 aromatic heterocycles. The largest absolute Gasteiger partial charge is 0.505 e. The van der Waals surface area contributed by atoms with Crippen LogP contribution in [-0.2, 0) is 14.3 Å². The smallest absolute Gasteiger partial charge is 0.412 e. The van der Waals surface area contributed by atoms with Crippen molar-refractivity contribution >= 4 is 30.4 Å². The first-order valence-electron chi connectivity index (χ1n) is 10.9. The number of nitrogens with one attached hydrogen (secondary N) is 1. The van der Waals surface area contributed by atoms with Crippen LogP contribution >= 0.6 is 12.6 Å². The number of esters is 1. The van der Waals surface area contributed by atoms with Gasteiger partial charge in [-0.3, -0.25) is 10.1 Å². The fraction of sp³-hybridized carbons (Fsp3) is 0.231. The lowest BCUT2D eigenvalue weighted by atomic mass is 10.0. The fourth-order valence-corrected chi connectivity index (χ4v) is 3.33. The van der Waals surface area contributed by atoms with Crippen LogP contribution in [0.2, 0.25) is 0 Å². The summed E-state index contributed by atoms with van der Waals surface area (Å²) in [5.41, 5.74) is 1.79. The molecule has 0 radical (unpaired) electrons. The number of phenolic OH excluding ortho intramolecular Hbond substituents is 1. The summed E-state index contributed by atoms with van der Waals surface area (Å²) in [5.74, 6) is -1.55. The van der Waals surface area contributed by atoms with E-state index in [1.165, 1.54) is 12.1 Å². The Bertz CT molecular complexity index is 1130. The minimum absolute atomic E-state index is 0.0447. The number of amides is 1. The van der Waals surface area contributed by atoms with Gasteiger partial charge in [-0.1, -0.05) is 42.0 Å². The molecule has 9 heteroatoms. The summed E-state index contributed by atoms with van der Waals surface area (Å²) < 4.78 is 31.2. The zero-order chi connectivity index (χ0) is 25.2. The van der Waals surface area contributed by atoms with Crippen LogP contribution in [0.3, 0.4) is 0 Å². The maximum absolute atomic E-state index is 14.2. The third kappa shape index (κ3) is 7.92. The van der Waals surface area contributed by atoms with Crippen molar-refractivity contribution in [2.24, 2.45) is 0 Å². The van der Waals surface area contributed by atoms with Gasteiger partial charge in [0.15, 0.2) is 17.7 Å². The molecule has 35 heavy (non-hydrogen) atoms. The second-order valence-corrected chi connectivity index (χ2v) is 7.98. The molecule has 0 aliphatic carbocycles. The van der Waals surface area contributed by atoms with Gasteiger partial charge >= 0.3 is 12.1 Å². The highest BCUT2D eigenvalue weighted by molar-refractivity contribution is 7.81. The molecule has 0 aliphatic rings. The van der Waals surface area contributed by atoms with Crippen LogP contribution in [0, 0.1) is 12.7 Å². The van der Waals surface area contributed by atoms with Crippen LogP contribution in [0.15, 0.2) is 72.8 Å². The number of hydrogen-bond acceptors (Lipinski definition) is 7. The van der Waals surface area contributed by atoms with Crippen molar-refractivity contribution in [3.05, 3.63) is 89.7 Å². The Balaban J connectivity index is 1.88. The standard InChI is InChI=1S/C26H26FNO6S/c1-17-7-10-19(11-8-17)28-26(31)34-25(18-9-12-22(29)21(27)15-18)23(13-14-32-24(30)16-35)33-20-5-3-2-4-6-20/h2-12,15,23,25,29,35H,13-14,16H2,1H3,(H,28,31)/t23-,25-/m1/s1. The maximum Gasteiger partial charge on any atom is 0.412 e. The third-order valence-electron chi connectivity index (χ3n) is 5.00. The number of carbonyl (C=O) groups excluding carboxylic acids is 2. The van der Waals surface area contributed by atoms with E-state index >= 15 is 0 Å². The summed E-state index contributed by atoms with van der Waals surface area (Å²) in [6.45, 7) is 1.88. The number of carbonyl (C=O) groups is 2. The summed E-state index contributed by atoms with van der Waals surface area (Å²) >= 11 is 3.89. The molecule has 184 valence electrons. The second kappa shape index (κ2) is 12.7. The summed E-state index contributed by atoms with van der Waals surface area (Å²) in [7, 11) is 0. The van der Waals surface area contributed by atoms with Gasteiger partial charge in [0.25, 0.3) is 0 Å². The van der Waals surface area contributed by atoms with Crippen molar-refractivity contribution in [2.75, 3.05) is 17.7 Å². The van der Waals surface area contributed by atoms with E-state index in [0.29, 0.717) is 11.4 Å². The number of thiol groups is 1. The molecule has 7 nitrogen and oxygen atoms in total. The number of hydrogen-bond donors (Lipinski definition) is 3. The highest BCUT2D eigenvalue weighted by atomic mass is 32.1. The van der Waals surface area contributed by atoms with Gasteiger partial charge in [-0.05, 0) is 48.9 Å². The molecule has 0 saturated heterocycles. The number of rotatable bonds is 10. The van der Waals surface area contributed by atoms with Gasteiger partial charge in [-0.25, -0.2) is 9.18 Å². The summed E-state index contributed by atoms with van der Waals surface area (Å²) in [4.78, 5) is 24.4. The van der Waals surface area contributed by atoms with Crippen LogP contribution in [0.5, 0.6) is 11.5 Å². The molecule has 1 amide bonds. The number of phenols is 1. The number of aryl methyl sites for hydroxylation is 1. The highest BCUT2D eigenvalue weighted by Crippen LogP contribution is 2.31. The lowest BCUT2D eigenvalue weighted by Crippen LogP contribution is -2.32. The normalized spacial score (nSPS) is 12.3. The van der Waals surface area contributed by atoms with E-state index in [9.17, 15) is 19.1 Å². The van der Waals surface area contributed by atoms with E-state index in [-0.39, 0.29) is 24.3 Å². The van der Waals surface area contributed by atoms with Crippen LogP contribution < -0.4 is 10.1 Å². The summed E-state index contributed by atoms with van der Waals surface area (Å²) in [6.07, 6.45) is -2.64. The predicted octanol–water partition coefficient (Wildman–Crippen LogP) is 5.44. The van der Waals surface area contributed by atoms with E-state index in [0.717, 1.165) is 11.6 Å².